The Hall–Kier alpha value is -4.40. The zero-order chi connectivity index (χ0) is 23.7. The Balaban J connectivity index is 1.47. The number of likely N-dealkylation sites (tertiary alicyclic amines) is 1. The van der Waals surface area contributed by atoms with E-state index in [1.54, 1.807) is 4.90 Å². The number of nitrogens with two attached hydrogens (primary N) is 1. The molecule has 1 unspecified atom stereocenters. The van der Waals surface area contributed by atoms with Crippen LogP contribution >= 0.6 is 0 Å². The van der Waals surface area contributed by atoms with Crippen molar-refractivity contribution in [1.82, 2.24) is 14.9 Å². The van der Waals surface area contributed by atoms with Gasteiger partial charge in [0.1, 0.15) is 23.5 Å². The van der Waals surface area contributed by atoms with Gasteiger partial charge in [-0.25, -0.2) is 9.97 Å². The van der Waals surface area contributed by atoms with E-state index in [4.69, 9.17) is 10.5 Å². The van der Waals surface area contributed by atoms with Gasteiger partial charge in [-0.05, 0) is 48.9 Å². The number of hydrogen-bond donors (Lipinski definition) is 1. The summed E-state index contributed by atoms with van der Waals surface area (Å²) < 4.78 is 5.90. The molecule has 0 aliphatic carbocycles. The van der Waals surface area contributed by atoms with Gasteiger partial charge in [0.2, 0.25) is 5.91 Å². The van der Waals surface area contributed by atoms with Crippen LogP contribution in [0.3, 0.4) is 0 Å². The first kappa shape index (κ1) is 21.4. The topological polar surface area (TPSA) is 105 Å². The Morgan fingerprint density at radius 1 is 1.09 bits per heavy atom. The maximum Gasteiger partial charge on any atom is 0.246 e. The Kier molecular flexibility index (Phi) is 5.59. The molecule has 2 N–H and O–H groups in total. The number of para-hydroxylation sites is 1. The molecule has 9 nitrogen and oxygen atoms in total. The highest BCUT2D eigenvalue weighted by Gasteiger charge is 2.45. The zero-order valence-electron chi connectivity index (χ0n) is 18.4. The van der Waals surface area contributed by atoms with Crippen LogP contribution in [0.4, 0.5) is 23.0 Å². The van der Waals surface area contributed by atoms with Crippen LogP contribution in [-0.4, -0.2) is 52.4 Å². The zero-order valence-corrected chi connectivity index (χ0v) is 18.4. The molecule has 2 aromatic carbocycles. The van der Waals surface area contributed by atoms with Crippen LogP contribution in [0.2, 0.25) is 0 Å². The number of ether oxygens (including phenoxy) is 1. The Morgan fingerprint density at radius 3 is 2.53 bits per heavy atom. The van der Waals surface area contributed by atoms with Gasteiger partial charge in [0.05, 0.1) is 6.04 Å². The van der Waals surface area contributed by atoms with Gasteiger partial charge in [-0.15, -0.1) is 0 Å². The molecule has 34 heavy (non-hydrogen) atoms. The molecule has 2 atom stereocenters. The number of carbonyl (C=O) groups excluding carboxylic acids is 2. The average molecular weight is 457 g/mol. The highest BCUT2D eigenvalue weighted by Crippen LogP contribution is 2.47. The van der Waals surface area contributed by atoms with Gasteiger partial charge in [0, 0.05) is 18.8 Å². The number of aromatic nitrogens is 2. The summed E-state index contributed by atoms with van der Waals surface area (Å²) >= 11 is 0. The van der Waals surface area contributed by atoms with Gasteiger partial charge >= 0.3 is 0 Å². The largest absolute Gasteiger partial charge is 0.457 e. The van der Waals surface area contributed by atoms with E-state index in [0.29, 0.717) is 36.8 Å². The number of nitrogen functional groups attached to an aromatic ring is 1. The van der Waals surface area contributed by atoms with E-state index in [9.17, 15) is 9.59 Å². The first-order chi connectivity index (χ1) is 16.6. The van der Waals surface area contributed by atoms with E-state index in [-0.39, 0.29) is 17.8 Å². The van der Waals surface area contributed by atoms with Crippen LogP contribution in [0, 0.1) is 0 Å². The lowest BCUT2D eigenvalue weighted by molar-refractivity contribution is -0.125. The number of hydrogen-bond acceptors (Lipinski definition) is 8. The van der Waals surface area contributed by atoms with Crippen LogP contribution in [0.1, 0.15) is 6.42 Å². The molecule has 1 saturated heterocycles. The third kappa shape index (κ3) is 3.71. The summed E-state index contributed by atoms with van der Waals surface area (Å²) in [4.78, 5) is 38.7. The minimum Gasteiger partial charge on any atom is -0.457 e. The minimum atomic E-state index is -0.682. The number of benzene rings is 2. The number of carbonyl (C=O) groups is 2. The maximum absolute atomic E-state index is 12.4. The molecule has 1 fully saturated rings. The van der Waals surface area contributed by atoms with E-state index in [1.807, 2.05) is 64.4 Å². The maximum atomic E-state index is 12.4. The summed E-state index contributed by atoms with van der Waals surface area (Å²) in [5, 5.41) is 0. The molecule has 0 radical (unpaired) electrons. The average Bonchev–Trinajstić information content (AvgIpc) is 3.48. The van der Waals surface area contributed by atoms with Crippen molar-refractivity contribution in [3.63, 3.8) is 0 Å². The standard InChI is InChI=1S/C25H24N6O3/c1-2-22(33)29-13-12-18(14-29)31-21(15-32)30(23-24(26)27-16-28-25(23)31)17-8-10-20(11-9-17)34-19-6-4-3-5-7-19/h2-11,15-16,18,21H,1,12-14H2,(H2,26,27,28)/t18-,21?/m0/s1. The van der Waals surface area contributed by atoms with Crippen molar-refractivity contribution in [2.45, 2.75) is 18.6 Å². The van der Waals surface area contributed by atoms with Crippen molar-refractivity contribution in [2.24, 2.45) is 0 Å². The fourth-order valence-corrected chi connectivity index (χ4v) is 4.58. The van der Waals surface area contributed by atoms with E-state index in [2.05, 4.69) is 16.5 Å². The molecule has 3 aromatic rings. The second-order valence-corrected chi connectivity index (χ2v) is 8.10. The van der Waals surface area contributed by atoms with E-state index < -0.39 is 6.17 Å². The molecule has 172 valence electrons. The van der Waals surface area contributed by atoms with Crippen LogP contribution in [0.25, 0.3) is 0 Å². The van der Waals surface area contributed by atoms with E-state index >= 15 is 0 Å². The van der Waals surface area contributed by atoms with Crippen LogP contribution in [0.15, 0.2) is 73.6 Å². The summed E-state index contributed by atoms with van der Waals surface area (Å²) in [5.41, 5.74) is 7.59. The SMILES string of the molecule is C=CC(=O)N1CC[C@H](N2c3ncnc(N)c3N(c3ccc(Oc4ccccc4)cc3)C2C=O)C1. The van der Waals surface area contributed by atoms with Gasteiger partial charge in [0.25, 0.3) is 0 Å². The second kappa shape index (κ2) is 8.86. The number of nitrogens with zero attached hydrogens (tertiary/aromatic N) is 5. The summed E-state index contributed by atoms with van der Waals surface area (Å²) in [5.74, 6) is 2.13. The normalized spacial score (nSPS) is 19.1. The quantitative estimate of drug-likeness (QED) is 0.446. The summed E-state index contributed by atoms with van der Waals surface area (Å²) in [6, 6.07) is 16.8. The summed E-state index contributed by atoms with van der Waals surface area (Å²) in [7, 11) is 0. The minimum absolute atomic E-state index is 0.0992. The second-order valence-electron chi connectivity index (χ2n) is 8.10. The monoisotopic (exact) mass is 456 g/mol. The number of anilines is 4. The van der Waals surface area contributed by atoms with Gasteiger partial charge in [-0.2, -0.15) is 0 Å². The van der Waals surface area contributed by atoms with Crippen LogP contribution in [-0.2, 0) is 9.59 Å². The lowest BCUT2D eigenvalue weighted by atomic mass is 10.2. The smallest absolute Gasteiger partial charge is 0.246 e. The molecule has 9 heteroatoms. The fraction of sp³-hybridized carbons (Fsp3) is 0.200. The van der Waals surface area contributed by atoms with Crippen molar-refractivity contribution in [1.29, 1.82) is 0 Å². The van der Waals surface area contributed by atoms with E-state index in [1.165, 1.54) is 12.4 Å². The number of aldehydes is 1. The molecule has 1 aromatic heterocycles. The Labute approximate surface area is 197 Å². The van der Waals surface area contributed by atoms with Gasteiger partial charge < -0.3 is 25.2 Å². The molecule has 0 spiro atoms. The highest BCUT2D eigenvalue weighted by molar-refractivity contribution is 5.94. The Morgan fingerprint density at radius 2 is 1.82 bits per heavy atom. The molecule has 0 bridgehead atoms. The van der Waals surface area contributed by atoms with Crippen molar-refractivity contribution >= 4 is 35.2 Å². The van der Waals surface area contributed by atoms with Gasteiger partial charge in [-0.3, -0.25) is 9.59 Å². The molecule has 0 saturated carbocycles. The number of fused-ring (bicyclic) bond motifs is 1. The molecular weight excluding hydrogens is 432 g/mol. The first-order valence-corrected chi connectivity index (χ1v) is 11.0. The van der Waals surface area contributed by atoms with Crippen LogP contribution in [0.5, 0.6) is 11.5 Å². The van der Waals surface area contributed by atoms with Gasteiger partial charge in [0.15, 0.2) is 24.1 Å². The van der Waals surface area contributed by atoms with Gasteiger partial charge in [-0.1, -0.05) is 24.8 Å². The number of amides is 1. The third-order valence-corrected chi connectivity index (χ3v) is 6.12. The molecule has 1 amide bonds. The Bertz CT molecular complexity index is 1220. The van der Waals surface area contributed by atoms with Crippen molar-refractivity contribution in [3.05, 3.63) is 73.6 Å². The molecule has 2 aliphatic heterocycles. The number of rotatable bonds is 6. The van der Waals surface area contributed by atoms with Crippen molar-refractivity contribution in [2.75, 3.05) is 28.6 Å². The third-order valence-electron chi connectivity index (χ3n) is 6.12. The fourth-order valence-electron chi connectivity index (χ4n) is 4.58. The van der Waals surface area contributed by atoms with E-state index in [0.717, 1.165) is 17.7 Å². The predicted molar refractivity (Wildman–Crippen MR) is 129 cm³/mol. The molecular formula is C25H24N6O3. The highest BCUT2D eigenvalue weighted by atomic mass is 16.5. The molecule has 5 rings (SSSR count). The van der Waals surface area contributed by atoms with Crippen LogP contribution < -0.4 is 20.3 Å². The van der Waals surface area contributed by atoms with Crippen molar-refractivity contribution in [3.8, 4) is 11.5 Å². The lowest BCUT2D eigenvalue weighted by Crippen LogP contribution is -2.49. The molecule has 2 aliphatic rings. The first-order valence-electron chi connectivity index (χ1n) is 11.0. The summed E-state index contributed by atoms with van der Waals surface area (Å²) in [6.07, 6.45) is 3.59. The van der Waals surface area contributed by atoms with Crippen molar-refractivity contribution < 1.29 is 14.3 Å². The summed E-state index contributed by atoms with van der Waals surface area (Å²) in [6.45, 7) is 4.63. The predicted octanol–water partition coefficient (Wildman–Crippen LogP) is 3.12. The lowest BCUT2D eigenvalue weighted by Gasteiger charge is -2.32. The molecule has 3 heterocycles.